The largest absolute Gasteiger partial charge is 0.295 e. The molecule has 1 rings (SSSR count). The molecule has 4 nitrogen and oxygen atoms in total. The van der Waals surface area contributed by atoms with Crippen molar-refractivity contribution in [2.24, 2.45) is 0 Å². The van der Waals surface area contributed by atoms with Crippen molar-refractivity contribution in [2.75, 3.05) is 0 Å². The van der Waals surface area contributed by atoms with Gasteiger partial charge >= 0.3 is 0 Å². The molecule has 0 atom stereocenters. The van der Waals surface area contributed by atoms with Crippen LogP contribution in [0.3, 0.4) is 0 Å². The van der Waals surface area contributed by atoms with E-state index in [-0.39, 0.29) is 10.5 Å². The predicted molar refractivity (Wildman–Crippen MR) is 45.4 cm³/mol. The molecule has 0 heterocycles. The zero-order chi connectivity index (χ0) is 10.1. The van der Waals surface area contributed by atoms with Gasteiger partial charge in [-0.15, -0.1) is 0 Å². The highest BCUT2D eigenvalue weighted by Gasteiger charge is 2.17. The van der Waals surface area contributed by atoms with Crippen molar-refractivity contribution in [1.82, 2.24) is 0 Å². The standard InChI is InChI=1S/C8H9O4S/c1-6-3-2-4-7(5-9)8(6)13(10,11)12/h2-4H,5H2,1H3,(H,10,11,12). The first-order chi connectivity index (χ1) is 5.96. The van der Waals surface area contributed by atoms with Gasteiger partial charge in [-0.1, -0.05) is 18.2 Å². The first kappa shape index (κ1) is 10.2. The van der Waals surface area contributed by atoms with Crippen LogP contribution in [0.25, 0.3) is 0 Å². The van der Waals surface area contributed by atoms with Crippen molar-refractivity contribution in [1.29, 1.82) is 0 Å². The van der Waals surface area contributed by atoms with E-state index in [0.29, 0.717) is 5.56 Å². The average molecular weight is 201 g/mol. The van der Waals surface area contributed by atoms with E-state index in [2.05, 4.69) is 0 Å². The molecule has 0 aromatic heterocycles. The van der Waals surface area contributed by atoms with Gasteiger partial charge in [-0.25, -0.2) is 5.11 Å². The first-order valence-electron chi connectivity index (χ1n) is 3.61. The molecular formula is C8H9O4S. The van der Waals surface area contributed by atoms with Gasteiger partial charge in [0.1, 0.15) is 11.5 Å². The number of benzene rings is 1. The van der Waals surface area contributed by atoms with Gasteiger partial charge in [0.15, 0.2) is 0 Å². The first-order valence-corrected chi connectivity index (χ1v) is 5.05. The Morgan fingerprint density at radius 3 is 2.38 bits per heavy atom. The van der Waals surface area contributed by atoms with Crippen LogP contribution in [0.15, 0.2) is 23.1 Å². The van der Waals surface area contributed by atoms with Crippen molar-refractivity contribution in [2.45, 2.75) is 18.4 Å². The van der Waals surface area contributed by atoms with Crippen LogP contribution in [0.2, 0.25) is 0 Å². The van der Waals surface area contributed by atoms with Gasteiger partial charge in [-0.2, -0.15) is 8.42 Å². The van der Waals surface area contributed by atoms with Gasteiger partial charge in [-0.3, -0.25) is 4.55 Å². The average Bonchev–Trinajstić information content (AvgIpc) is 2.01. The van der Waals surface area contributed by atoms with E-state index in [1.807, 2.05) is 0 Å². The fourth-order valence-electron chi connectivity index (χ4n) is 1.20. The topological polar surface area (TPSA) is 74.3 Å². The summed E-state index contributed by atoms with van der Waals surface area (Å²) >= 11 is 0. The van der Waals surface area contributed by atoms with Crippen LogP contribution < -0.4 is 0 Å². The Labute approximate surface area is 76.6 Å². The molecular weight excluding hydrogens is 192 g/mol. The minimum absolute atomic E-state index is 0.0995. The minimum Gasteiger partial charge on any atom is -0.282 e. The van der Waals surface area contributed by atoms with Crippen LogP contribution in [-0.2, 0) is 21.8 Å². The van der Waals surface area contributed by atoms with Gasteiger partial charge in [0, 0.05) is 5.56 Å². The molecule has 0 fully saturated rings. The maximum absolute atomic E-state index is 10.9. The molecule has 0 aliphatic heterocycles. The van der Waals surface area contributed by atoms with E-state index >= 15 is 0 Å². The fraction of sp³-hybridized carbons (Fsp3) is 0.250. The van der Waals surface area contributed by atoms with E-state index in [0.717, 1.165) is 0 Å². The second kappa shape index (κ2) is 3.45. The third-order valence-corrected chi connectivity index (χ3v) is 2.81. The zero-order valence-corrected chi connectivity index (χ0v) is 7.84. The van der Waals surface area contributed by atoms with Gasteiger partial charge in [0.25, 0.3) is 10.1 Å². The van der Waals surface area contributed by atoms with Crippen molar-refractivity contribution in [3.05, 3.63) is 29.3 Å². The lowest BCUT2D eigenvalue weighted by molar-refractivity contribution is 0.175. The molecule has 1 aromatic rings. The third kappa shape index (κ3) is 2.06. The Morgan fingerprint density at radius 1 is 1.38 bits per heavy atom. The molecule has 1 radical (unpaired) electrons. The summed E-state index contributed by atoms with van der Waals surface area (Å²) in [5, 5.41) is 10.6. The molecule has 0 unspecified atom stereocenters. The third-order valence-electron chi connectivity index (χ3n) is 1.71. The quantitative estimate of drug-likeness (QED) is 0.730. The number of hydrogen-bond acceptors (Lipinski definition) is 2. The van der Waals surface area contributed by atoms with Gasteiger partial charge in [-0.05, 0) is 12.5 Å². The fourth-order valence-corrected chi connectivity index (χ4v) is 2.13. The van der Waals surface area contributed by atoms with Crippen LogP contribution in [0.5, 0.6) is 0 Å². The number of aryl methyl sites for hydroxylation is 1. The maximum Gasteiger partial charge on any atom is 0.295 e. The van der Waals surface area contributed by atoms with Crippen molar-refractivity contribution >= 4 is 10.1 Å². The highest BCUT2D eigenvalue weighted by Crippen LogP contribution is 2.19. The van der Waals surface area contributed by atoms with E-state index in [9.17, 15) is 13.5 Å². The Kier molecular flexibility index (Phi) is 2.70. The summed E-state index contributed by atoms with van der Waals surface area (Å²) in [6.45, 7) is 0.874. The van der Waals surface area contributed by atoms with Crippen LogP contribution in [0.1, 0.15) is 11.1 Å². The molecule has 1 N–H and O–H groups in total. The molecule has 0 aliphatic rings. The summed E-state index contributed by atoms with van der Waals surface area (Å²) in [5.74, 6) is 0. The molecule has 0 saturated carbocycles. The molecule has 1 aromatic carbocycles. The van der Waals surface area contributed by atoms with Crippen molar-refractivity contribution in [3.63, 3.8) is 0 Å². The van der Waals surface area contributed by atoms with E-state index in [1.54, 1.807) is 6.07 Å². The SMILES string of the molecule is Cc1cccc(C[O])c1S(=O)(=O)O. The van der Waals surface area contributed by atoms with Crippen molar-refractivity contribution in [3.8, 4) is 0 Å². The van der Waals surface area contributed by atoms with E-state index < -0.39 is 16.7 Å². The highest BCUT2D eigenvalue weighted by molar-refractivity contribution is 7.86. The zero-order valence-electron chi connectivity index (χ0n) is 7.02. The summed E-state index contributed by atoms with van der Waals surface area (Å²) in [6.07, 6.45) is 0. The number of rotatable bonds is 2. The smallest absolute Gasteiger partial charge is 0.282 e. The maximum atomic E-state index is 10.9. The lowest BCUT2D eigenvalue weighted by Crippen LogP contribution is -2.05. The molecule has 5 heteroatoms. The summed E-state index contributed by atoms with van der Waals surface area (Å²) < 4.78 is 30.5. The minimum atomic E-state index is -4.28. The molecule has 0 spiro atoms. The summed E-state index contributed by atoms with van der Waals surface area (Å²) in [7, 11) is -4.28. The van der Waals surface area contributed by atoms with Crippen LogP contribution in [0, 0.1) is 6.92 Å². The molecule has 71 valence electrons. The number of hydrogen-bond donors (Lipinski definition) is 1. The van der Waals surface area contributed by atoms with Crippen LogP contribution in [-0.4, -0.2) is 13.0 Å². The molecule has 0 bridgehead atoms. The Morgan fingerprint density at radius 2 is 2.00 bits per heavy atom. The summed E-state index contributed by atoms with van der Waals surface area (Å²) in [4.78, 5) is -0.259. The van der Waals surface area contributed by atoms with Crippen LogP contribution in [0.4, 0.5) is 0 Å². The normalized spacial score (nSPS) is 11.6. The lowest BCUT2D eigenvalue weighted by Gasteiger charge is -2.05. The van der Waals surface area contributed by atoms with Crippen LogP contribution >= 0.6 is 0 Å². The Balaban J connectivity index is 3.50. The molecule has 13 heavy (non-hydrogen) atoms. The van der Waals surface area contributed by atoms with E-state index in [1.165, 1.54) is 19.1 Å². The van der Waals surface area contributed by atoms with E-state index in [4.69, 9.17) is 4.55 Å². The predicted octanol–water partition coefficient (Wildman–Crippen LogP) is 1.17. The second-order valence-electron chi connectivity index (χ2n) is 2.68. The summed E-state index contributed by atoms with van der Waals surface area (Å²) in [5.41, 5.74) is 0.485. The molecule has 0 amide bonds. The highest BCUT2D eigenvalue weighted by atomic mass is 32.2. The monoisotopic (exact) mass is 201 g/mol. The molecule has 0 saturated heterocycles. The van der Waals surface area contributed by atoms with Gasteiger partial charge in [0.05, 0.1) is 0 Å². The van der Waals surface area contributed by atoms with Gasteiger partial charge < -0.3 is 0 Å². The second-order valence-corrected chi connectivity index (χ2v) is 4.04. The Bertz CT molecular complexity index is 408. The van der Waals surface area contributed by atoms with Gasteiger partial charge in [0.2, 0.25) is 0 Å². The molecule has 0 aliphatic carbocycles. The lowest BCUT2D eigenvalue weighted by atomic mass is 10.1. The summed E-state index contributed by atoms with van der Waals surface area (Å²) in [6, 6.07) is 4.50. The Hall–Kier alpha value is -0.910. The van der Waals surface area contributed by atoms with Crippen molar-refractivity contribution < 1.29 is 18.1 Å².